The molecule has 0 bridgehead atoms. The van der Waals surface area contributed by atoms with Crippen LogP contribution in [0.15, 0.2) is 24.3 Å². The summed E-state index contributed by atoms with van der Waals surface area (Å²) in [5, 5.41) is 26.4. The van der Waals surface area contributed by atoms with E-state index in [1.54, 1.807) is 0 Å². The van der Waals surface area contributed by atoms with E-state index in [1.807, 2.05) is 6.07 Å². The Kier molecular flexibility index (Phi) is 6.35. The summed E-state index contributed by atoms with van der Waals surface area (Å²) in [4.78, 5) is 9.64. The Morgan fingerprint density at radius 1 is 1.69 bits per heavy atom. The number of hydrogen-bond donors (Lipinski definition) is 2. The molecule has 6 nitrogen and oxygen atoms in total. The number of aliphatic hydroxyl groups excluding tert-OH is 1. The lowest BCUT2D eigenvalue weighted by atomic mass is 10.2. The van der Waals surface area contributed by atoms with Crippen molar-refractivity contribution in [2.24, 2.45) is 0 Å². The SMILES string of the molecule is CC(O)NF.N#Cc1cccc([N+](=O)[O-])c1. The lowest BCUT2D eigenvalue weighted by Crippen LogP contribution is -2.14. The average molecular weight is 227 g/mol. The molecule has 0 saturated heterocycles. The molecule has 1 atom stereocenters. The Morgan fingerprint density at radius 3 is 2.62 bits per heavy atom. The van der Waals surface area contributed by atoms with E-state index in [9.17, 15) is 14.6 Å². The van der Waals surface area contributed by atoms with Crippen molar-refractivity contribution >= 4 is 5.69 Å². The molecule has 0 heterocycles. The Morgan fingerprint density at radius 2 is 2.25 bits per heavy atom. The Labute approximate surface area is 91.0 Å². The van der Waals surface area contributed by atoms with Gasteiger partial charge in [-0.05, 0) is 13.0 Å². The fourth-order valence-corrected chi connectivity index (χ4v) is 0.689. The van der Waals surface area contributed by atoms with Gasteiger partial charge in [0.1, 0.15) is 6.23 Å². The molecule has 0 aliphatic carbocycles. The highest BCUT2D eigenvalue weighted by molar-refractivity contribution is 5.40. The van der Waals surface area contributed by atoms with Crippen molar-refractivity contribution in [3.8, 4) is 6.07 Å². The van der Waals surface area contributed by atoms with Gasteiger partial charge in [-0.2, -0.15) is 5.26 Å². The van der Waals surface area contributed by atoms with Crippen molar-refractivity contribution in [2.75, 3.05) is 0 Å². The van der Waals surface area contributed by atoms with Crippen LogP contribution in [0, 0.1) is 21.4 Å². The second-order valence-corrected chi connectivity index (χ2v) is 2.70. The molecule has 0 aliphatic rings. The highest BCUT2D eigenvalue weighted by Crippen LogP contribution is 2.11. The van der Waals surface area contributed by atoms with E-state index in [0.29, 0.717) is 5.56 Å². The van der Waals surface area contributed by atoms with Crippen molar-refractivity contribution in [1.82, 2.24) is 5.54 Å². The van der Waals surface area contributed by atoms with E-state index >= 15 is 0 Å². The van der Waals surface area contributed by atoms with Gasteiger partial charge in [0.15, 0.2) is 0 Å². The molecule has 16 heavy (non-hydrogen) atoms. The summed E-state index contributed by atoms with van der Waals surface area (Å²) < 4.78 is 10.6. The highest BCUT2D eigenvalue weighted by atomic mass is 19.2. The number of halogens is 1. The highest BCUT2D eigenvalue weighted by Gasteiger charge is 2.03. The third-order valence-electron chi connectivity index (χ3n) is 1.34. The van der Waals surface area contributed by atoms with Gasteiger partial charge in [0.25, 0.3) is 5.69 Å². The van der Waals surface area contributed by atoms with Crippen molar-refractivity contribution in [3.63, 3.8) is 0 Å². The molecule has 0 amide bonds. The Bertz CT molecular complexity index is 390. The zero-order chi connectivity index (χ0) is 12.6. The monoisotopic (exact) mass is 227 g/mol. The van der Waals surface area contributed by atoms with Crippen LogP contribution in [0.3, 0.4) is 0 Å². The molecule has 86 valence electrons. The third kappa shape index (κ3) is 5.64. The minimum atomic E-state index is -1.03. The van der Waals surface area contributed by atoms with Crippen LogP contribution in [0.2, 0.25) is 0 Å². The number of non-ortho nitro benzene ring substituents is 1. The quantitative estimate of drug-likeness (QED) is 0.343. The molecular weight excluding hydrogens is 217 g/mol. The molecule has 1 unspecified atom stereocenters. The maximum absolute atomic E-state index is 10.6. The van der Waals surface area contributed by atoms with Gasteiger partial charge < -0.3 is 5.11 Å². The maximum Gasteiger partial charge on any atom is 0.270 e. The van der Waals surface area contributed by atoms with Crippen LogP contribution in [0.1, 0.15) is 12.5 Å². The van der Waals surface area contributed by atoms with Crippen LogP contribution in [0.4, 0.5) is 10.2 Å². The van der Waals surface area contributed by atoms with Crippen molar-refractivity contribution in [1.29, 1.82) is 5.26 Å². The standard InChI is InChI=1S/C7H4N2O2.C2H6FNO/c8-5-6-2-1-3-7(4-6)9(10)11;1-2(5)4-3/h1-4H;2,4-5H,1H3. The molecule has 2 N–H and O–H groups in total. The summed E-state index contributed by atoms with van der Waals surface area (Å²) in [5.41, 5.74) is 1.34. The summed E-state index contributed by atoms with van der Waals surface area (Å²) in [5.74, 6) is 0. The molecule has 0 saturated carbocycles. The maximum atomic E-state index is 10.6. The molecule has 1 aromatic carbocycles. The number of nitrogens with one attached hydrogen (secondary N) is 1. The van der Waals surface area contributed by atoms with E-state index in [0.717, 1.165) is 5.54 Å². The Balaban J connectivity index is 0.000000385. The summed E-state index contributed by atoms with van der Waals surface area (Å²) in [6.45, 7) is 1.29. The van der Waals surface area contributed by atoms with Gasteiger partial charge in [0, 0.05) is 12.1 Å². The molecule has 0 aromatic heterocycles. The summed E-state index contributed by atoms with van der Waals surface area (Å²) >= 11 is 0. The fourth-order valence-electron chi connectivity index (χ4n) is 0.689. The molecule has 0 fully saturated rings. The molecule has 0 spiro atoms. The first-order valence-electron chi connectivity index (χ1n) is 4.20. The number of aliphatic hydroxyl groups is 1. The van der Waals surface area contributed by atoms with Gasteiger partial charge >= 0.3 is 0 Å². The minimum Gasteiger partial charge on any atom is -0.377 e. The second-order valence-electron chi connectivity index (χ2n) is 2.70. The molecule has 1 aromatic rings. The van der Waals surface area contributed by atoms with Gasteiger partial charge in [-0.3, -0.25) is 10.1 Å². The van der Waals surface area contributed by atoms with Crippen LogP contribution < -0.4 is 5.54 Å². The summed E-state index contributed by atoms with van der Waals surface area (Å²) in [7, 11) is 0. The molecule has 1 rings (SSSR count). The normalized spacial score (nSPS) is 10.6. The lowest BCUT2D eigenvalue weighted by molar-refractivity contribution is -0.384. The van der Waals surface area contributed by atoms with Crippen LogP contribution in [0.25, 0.3) is 0 Å². The van der Waals surface area contributed by atoms with Crippen LogP contribution >= 0.6 is 0 Å². The molecule has 7 heteroatoms. The molecule has 0 aliphatic heterocycles. The first-order chi connectivity index (χ1) is 7.51. The zero-order valence-electron chi connectivity index (χ0n) is 8.42. The summed E-state index contributed by atoms with van der Waals surface area (Å²) in [6, 6.07) is 7.41. The predicted octanol–water partition coefficient (Wildman–Crippen LogP) is 1.27. The van der Waals surface area contributed by atoms with Crippen LogP contribution in [-0.2, 0) is 0 Å². The zero-order valence-corrected chi connectivity index (χ0v) is 8.42. The van der Waals surface area contributed by atoms with Crippen molar-refractivity contribution in [2.45, 2.75) is 13.2 Å². The number of rotatable bonds is 2. The average Bonchev–Trinajstić information content (AvgIpc) is 2.29. The van der Waals surface area contributed by atoms with Crippen LogP contribution in [-0.4, -0.2) is 16.3 Å². The third-order valence-corrected chi connectivity index (χ3v) is 1.34. The van der Waals surface area contributed by atoms with E-state index in [4.69, 9.17) is 10.4 Å². The largest absolute Gasteiger partial charge is 0.377 e. The first-order valence-corrected chi connectivity index (χ1v) is 4.20. The minimum absolute atomic E-state index is 0.0518. The summed E-state index contributed by atoms with van der Waals surface area (Å²) in [6.07, 6.45) is -1.03. The van der Waals surface area contributed by atoms with E-state index in [1.165, 1.54) is 31.2 Å². The van der Waals surface area contributed by atoms with Crippen LogP contribution in [0.5, 0.6) is 0 Å². The van der Waals surface area contributed by atoms with E-state index in [-0.39, 0.29) is 5.69 Å². The first kappa shape index (κ1) is 14.0. The second kappa shape index (κ2) is 7.28. The van der Waals surface area contributed by atoms with Gasteiger partial charge in [0.05, 0.1) is 16.6 Å². The van der Waals surface area contributed by atoms with Gasteiger partial charge in [-0.1, -0.05) is 6.07 Å². The van der Waals surface area contributed by atoms with Gasteiger partial charge in [-0.25, -0.2) is 0 Å². The van der Waals surface area contributed by atoms with E-state index < -0.39 is 11.2 Å². The number of nitro groups is 1. The van der Waals surface area contributed by atoms with E-state index in [2.05, 4.69) is 0 Å². The van der Waals surface area contributed by atoms with Crippen molar-refractivity contribution < 1.29 is 14.5 Å². The Hall–Kier alpha value is -2.04. The molecular formula is C9H10FN3O3. The smallest absolute Gasteiger partial charge is 0.270 e. The lowest BCUT2D eigenvalue weighted by Gasteiger charge is -1.90. The number of benzene rings is 1. The number of nitriles is 1. The number of nitrogens with zero attached hydrogens (tertiary/aromatic N) is 2. The number of nitro benzene ring substituents is 1. The van der Waals surface area contributed by atoms with Gasteiger partial charge in [-0.15, -0.1) is 10.0 Å². The van der Waals surface area contributed by atoms with Gasteiger partial charge in [0.2, 0.25) is 0 Å². The fraction of sp³-hybridized carbons (Fsp3) is 0.222. The van der Waals surface area contributed by atoms with Crippen molar-refractivity contribution in [3.05, 3.63) is 39.9 Å². The topological polar surface area (TPSA) is 99.2 Å². The number of hydrogen-bond acceptors (Lipinski definition) is 5. The molecule has 0 radical (unpaired) electrons. The predicted molar refractivity (Wildman–Crippen MR) is 53.7 cm³/mol.